The molecule has 20 heavy (non-hydrogen) atoms. The maximum absolute atomic E-state index is 11.3. The van der Waals surface area contributed by atoms with Crippen molar-refractivity contribution in [1.29, 1.82) is 5.26 Å². The van der Waals surface area contributed by atoms with Crippen LogP contribution in [0, 0.1) is 11.3 Å². The van der Waals surface area contributed by atoms with Crippen LogP contribution in [0.3, 0.4) is 0 Å². The Morgan fingerprint density at radius 3 is 2.20 bits per heavy atom. The summed E-state index contributed by atoms with van der Waals surface area (Å²) in [6.45, 7) is -0.209. The van der Waals surface area contributed by atoms with E-state index in [4.69, 9.17) is 10.4 Å². The zero-order valence-electron chi connectivity index (χ0n) is 10.3. The number of nitrogens with two attached hydrogens (primary N) is 1. The number of carbonyl (C=O) groups excluding carboxylic acids is 2. The average Bonchev–Trinajstić information content (AvgIpc) is 2.41. The number of primary sulfonamides is 1. The summed E-state index contributed by atoms with van der Waals surface area (Å²) in [5, 5.41) is 17.6. The summed E-state index contributed by atoms with van der Waals surface area (Å²) >= 11 is 0. The summed E-state index contributed by atoms with van der Waals surface area (Å²) in [4.78, 5) is 22.4. The van der Waals surface area contributed by atoms with Gasteiger partial charge in [-0.05, 0) is 17.7 Å². The van der Waals surface area contributed by atoms with Crippen molar-refractivity contribution in [2.75, 3.05) is 6.54 Å². The lowest BCUT2D eigenvalue weighted by molar-refractivity contribution is -0.139. The van der Waals surface area contributed by atoms with Crippen molar-refractivity contribution in [2.24, 2.45) is 5.14 Å². The van der Waals surface area contributed by atoms with E-state index in [0.717, 1.165) is 0 Å². The van der Waals surface area contributed by atoms with Crippen molar-refractivity contribution >= 4 is 21.8 Å². The predicted molar refractivity (Wildman–Crippen MR) is 68.3 cm³/mol. The summed E-state index contributed by atoms with van der Waals surface area (Å²) in [5.41, 5.74) is 0.596. The van der Waals surface area contributed by atoms with E-state index in [9.17, 15) is 18.0 Å². The van der Waals surface area contributed by atoms with Gasteiger partial charge in [-0.2, -0.15) is 5.26 Å². The fraction of sp³-hybridized carbons (Fsp3) is 0.182. The zero-order valence-corrected chi connectivity index (χ0v) is 11.1. The quantitative estimate of drug-likeness (QED) is 0.462. The van der Waals surface area contributed by atoms with Crippen LogP contribution in [0.5, 0.6) is 0 Å². The third-order valence-electron chi connectivity index (χ3n) is 2.24. The van der Waals surface area contributed by atoms with Crippen molar-refractivity contribution in [1.82, 2.24) is 10.6 Å². The first-order valence-electron chi connectivity index (χ1n) is 5.39. The van der Waals surface area contributed by atoms with Gasteiger partial charge in [0.25, 0.3) is 0 Å². The van der Waals surface area contributed by atoms with Crippen LogP contribution >= 0.6 is 0 Å². The largest absolute Gasteiger partial charge is 0.344 e. The van der Waals surface area contributed by atoms with Gasteiger partial charge in [-0.3, -0.25) is 9.59 Å². The number of nitriles is 1. The highest BCUT2D eigenvalue weighted by molar-refractivity contribution is 7.89. The predicted octanol–water partition coefficient (Wildman–Crippen LogP) is -1.41. The van der Waals surface area contributed by atoms with E-state index in [1.54, 1.807) is 6.07 Å². The molecule has 0 saturated carbocycles. The first-order chi connectivity index (χ1) is 9.34. The van der Waals surface area contributed by atoms with Gasteiger partial charge >= 0.3 is 11.8 Å². The Kier molecular flexibility index (Phi) is 5.19. The van der Waals surface area contributed by atoms with E-state index in [1.807, 2.05) is 0 Å². The Morgan fingerprint density at radius 1 is 1.15 bits per heavy atom. The van der Waals surface area contributed by atoms with E-state index in [1.165, 1.54) is 24.3 Å². The van der Waals surface area contributed by atoms with E-state index >= 15 is 0 Å². The molecule has 8 nitrogen and oxygen atoms in total. The van der Waals surface area contributed by atoms with Crippen molar-refractivity contribution in [3.05, 3.63) is 29.8 Å². The molecule has 0 fully saturated rings. The first kappa shape index (κ1) is 15.6. The molecule has 9 heteroatoms. The molecule has 0 aromatic heterocycles. The van der Waals surface area contributed by atoms with Crippen molar-refractivity contribution in [3.8, 4) is 6.07 Å². The van der Waals surface area contributed by atoms with Crippen molar-refractivity contribution < 1.29 is 18.0 Å². The highest BCUT2D eigenvalue weighted by Gasteiger charge is 2.12. The third-order valence-corrected chi connectivity index (χ3v) is 3.17. The SMILES string of the molecule is N#CCNC(=O)C(=O)NCc1ccc(S(N)(=O)=O)cc1. The lowest BCUT2D eigenvalue weighted by Crippen LogP contribution is -2.39. The van der Waals surface area contributed by atoms with Crippen molar-refractivity contribution in [3.63, 3.8) is 0 Å². The number of nitrogens with one attached hydrogen (secondary N) is 2. The summed E-state index contributed by atoms with van der Waals surface area (Å²) in [6.07, 6.45) is 0. The molecule has 0 atom stereocenters. The molecule has 0 radical (unpaired) electrons. The van der Waals surface area contributed by atoms with Gasteiger partial charge in [0.15, 0.2) is 0 Å². The Hall–Kier alpha value is -2.44. The molecule has 4 N–H and O–H groups in total. The molecule has 1 rings (SSSR count). The number of sulfonamides is 1. The molecular formula is C11H12N4O4S. The second-order valence-electron chi connectivity index (χ2n) is 3.71. The minimum absolute atomic E-state index is 0.0423. The maximum Gasteiger partial charge on any atom is 0.310 e. The Bertz CT molecular complexity index is 646. The Morgan fingerprint density at radius 2 is 1.70 bits per heavy atom. The third kappa shape index (κ3) is 4.68. The lowest BCUT2D eigenvalue weighted by Gasteiger charge is -2.05. The molecule has 0 aliphatic carbocycles. The van der Waals surface area contributed by atoms with Crippen LogP contribution in [0.4, 0.5) is 0 Å². The van der Waals surface area contributed by atoms with Gasteiger partial charge in [0.1, 0.15) is 6.54 Å². The van der Waals surface area contributed by atoms with Gasteiger partial charge in [-0.1, -0.05) is 12.1 Å². The monoisotopic (exact) mass is 296 g/mol. The van der Waals surface area contributed by atoms with E-state index in [2.05, 4.69) is 10.6 Å². The van der Waals surface area contributed by atoms with Crippen LogP contribution in [0.2, 0.25) is 0 Å². The molecule has 0 aliphatic rings. The van der Waals surface area contributed by atoms with Crippen molar-refractivity contribution in [2.45, 2.75) is 11.4 Å². The molecule has 0 saturated heterocycles. The molecule has 0 bridgehead atoms. The molecular weight excluding hydrogens is 284 g/mol. The summed E-state index contributed by atoms with van der Waals surface area (Å²) in [6, 6.07) is 7.19. The summed E-state index contributed by atoms with van der Waals surface area (Å²) in [5.74, 6) is -1.79. The standard InChI is InChI=1S/C11H12N4O4S/c12-5-6-14-10(16)11(17)15-7-8-1-3-9(4-2-8)20(13,18)19/h1-4H,6-7H2,(H,14,16)(H,15,17)(H2,13,18,19). The van der Waals surface area contributed by atoms with Crippen LogP contribution in [0.1, 0.15) is 5.56 Å². The Labute approximate surface area is 115 Å². The number of hydrogen-bond acceptors (Lipinski definition) is 5. The minimum Gasteiger partial charge on any atom is -0.344 e. The zero-order chi connectivity index (χ0) is 15.2. The average molecular weight is 296 g/mol. The van der Waals surface area contributed by atoms with E-state index in [-0.39, 0.29) is 18.0 Å². The topological polar surface area (TPSA) is 142 Å². The molecule has 0 unspecified atom stereocenters. The van der Waals surface area contributed by atoms with Crippen LogP contribution in [0.15, 0.2) is 29.2 Å². The van der Waals surface area contributed by atoms with Crippen LogP contribution in [-0.2, 0) is 26.2 Å². The molecule has 106 valence electrons. The highest BCUT2D eigenvalue weighted by Crippen LogP contribution is 2.08. The smallest absolute Gasteiger partial charge is 0.310 e. The molecule has 0 spiro atoms. The van der Waals surface area contributed by atoms with Crippen LogP contribution in [-0.4, -0.2) is 26.8 Å². The molecule has 0 heterocycles. The van der Waals surface area contributed by atoms with Crippen LogP contribution < -0.4 is 15.8 Å². The fourth-order valence-electron chi connectivity index (χ4n) is 1.26. The summed E-state index contributed by atoms with van der Waals surface area (Å²) in [7, 11) is -3.76. The highest BCUT2D eigenvalue weighted by atomic mass is 32.2. The number of rotatable bonds is 4. The van der Waals surface area contributed by atoms with Crippen LogP contribution in [0.25, 0.3) is 0 Å². The summed E-state index contributed by atoms with van der Waals surface area (Å²) < 4.78 is 22.1. The second-order valence-corrected chi connectivity index (χ2v) is 5.27. The minimum atomic E-state index is -3.76. The molecule has 0 aliphatic heterocycles. The van der Waals surface area contributed by atoms with Gasteiger partial charge < -0.3 is 10.6 Å². The fourth-order valence-corrected chi connectivity index (χ4v) is 1.78. The number of benzene rings is 1. The number of amides is 2. The van der Waals surface area contributed by atoms with E-state index in [0.29, 0.717) is 5.56 Å². The van der Waals surface area contributed by atoms with Gasteiger partial charge in [-0.15, -0.1) is 0 Å². The van der Waals surface area contributed by atoms with Gasteiger partial charge in [-0.25, -0.2) is 13.6 Å². The second kappa shape index (κ2) is 6.65. The van der Waals surface area contributed by atoms with Gasteiger partial charge in [0, 0.05) is 6.54 Å². The number of hydrogen-bond donors (Lipinski definition) is 3. The number of nitrogens with zero attached hydrogens (tertiary/aromatic N) is 1. The van der Waals surface area contributed by atoms with E-state index < -0.39 is 21.8 Å². The maximum atomic E-state index is 11.3. The van der Waals surface area contributed by atoms with Gasteiger partial charge in [0.05, 0.1) is 11.0 Å². The van der Waals surface area contributed by atoms with Gasteiger partial charge in [0.2, 0.25) is 10.0 Å². The molecule has 1 aromatic rings. The lowest BCUT2D eigenvalue weighted by atomic mass is 10.2. The molecule has 2 amide bonds. The number of carbonyl (C=O) groups is 2. The normalized spacial score (nSPS) is 10.4. The molecule has 1 aromatic carbocycles. The first-order valence-corrected chi connectivity index (χ1v) is 6.94. The Balaban J connectivity index is 2.57.